The Kier molecular flexibility index (Phi) is 2.16. The highest BCUT2D eigenvalue weighted by Gasteiger charge is 2.47. The second-order valence-electron chi connectivity index (χ2n) is 2.68. The van der Waals surface area contributed by atoms with Gasteiger partial charge in [0.15, 0.2) is 0 Å². The molecule has 70 valence electrons. The normalized spacial score (nSPS) is 24.6. The Bertz CT molecular complexity index is 192. The van der Waals surface area contributed by atoms with Crippen LogP contribution in [0.1, 0.15) is 12.8 Å². The maximum absolute atomic E-state index is 12.1. The fourth-order valence-corrected chi connectivity index (χ4v) is 1.34. The van der Waals surface area contributed by atoms with Crippen LogP contribution in [-0.4, -0.2) is 34.9 Å². The first-order valence-electron chi connectivity index (χ1n) is 3.49. The molecule has 3 nitrogen and oxygen atoms in total. The molecule has 0 saturated carbocycles. The molecule has 1 saturated heterocycles. The average Bonchev–Trinajstić information content (AvgIpc) is 2.30. The van der Waals surface area contributed by atoms with E-state index in [0.717, 1.165) is 0 Å². The SMILES string of the molecule is O=C(O)N1CCCC1C(F)(F)F. The summed E-state index contributed by atoms with van der Waals surface area (Å²) < 4.78 is 36.2. The lowest BCUT2D eigenvalue weighted by atomic mass is 10.2. The first kappa shape index (κ1) is 9.15. The lowest BCUT2D eigenvalue weighted by Crippen LogP contribution is -2.43. The Labute approximate surface area is 66.8 Å². The lowest BCUT2D eigenvalue weighted by molar-refractivity contribution is -0.171. The van der Waals surface area contributed by atoms with Gasteiger partial charge in [-0.3, -0.25) is 4.90 Å². The van der Waals surface area contributed by atoms with E-state index in [2.05, 4.69) is 0 Å². The van der Waals surface area contributed by atoms with E-state index in [0.29, 0.717) is 4.90 Å². The molecule has 12 heavy (non-hydrogen) atoms. The monoisotopic (exact) mass is 183 g/mol. The Hall–Kier alpha value is -0.940. The summed E-state index contributed by atoms with van der Waals surface area (Å²) in [5.41, 5.74) is 0. The van der Waals surface area contributed by atoms with Gasteiger partial charge in [-0.15, -0.1) is 0 Å². The van der Waals surface area contributed by atoms with E-state index in [1.165, 1.54) is 0 Å². The van der Waals surface area contributed by atoms with Crippen LogP contribution in [0.2, 0.25) is 0 Å². The van der Waals surface area contributed by atoms with Crippen molar-refractivity contribution in [2.24, 2.45) is 0 Å². The molecule has 1 aliphatic rings. The van der Waals surface area contributed by atoms with Crippen LogP contribution in [0, 0.1) is 0 Å². The second-order valence-corrected chi connectivity index (χ2v) is 2.68. The van der Waals surface area contributed by atoms with Crippen LogP contribution in [0.15, 0.2) is 0 Å². The molecule has 0 aromatic rings. The molecular formula is C6H8F3NO2. The van der Waals surface area contributed by atoms with Gasteiger partial charge in [0.25, 0.3) is 0 Å². The van der Waals surface area contributed by atoms with E-state index in [-0.39, 0.29) is 19.4 Å². The molecule has 1 aliphatic heterocycles. The number of carboxylic acid groups (broad SMARTS) is 1. The summed E-state index contributed by atoms with van der Waals surface area (Å²) in [4.78, 5) is 10.7. The van der Waals surface area contributed by atoms with E-state index in [1.54, 1.807) is 0 Å². The van der Waals surface area contributed by atoms with Gasteiger partial charge in [-0.05, 0) is 12.8 Å². The summed E-state index contributed by atoms with van der Waals surface area (Å²) in [7, 11) is 0. The van der Waals surface area contributed by atoms with E-state index in [1.807, 2.05) is 0 Å². The summed E-state index contributed by atoms with van der Waals surface area (Å²) in [6.45, 7) is -0.0144. The quantitative estimate of drug-likeness (QED) is 0.620. The van der Waals surface area contributed by atoms with Gasteiger partial charge >= 0.3 is 12.3 Å². The Morgan fingerprint density at radius 3 is 2.42 bits per heavy atom. The predicted molar refractivity (Wildman–Crippen MR) is 33.8 cm³/mol. The van der Waals surface area contributed by atoms with Gasteiger partial charge < -0.3 is 5.11 Å². The fourth-order valence-electron chi connectivity index (χ4n) is 1.34. The van der Waals surface area contributed by atoms with E-state index < -0.39 is 18.3 Å². The van der Waals surface area contributed by atoms with Crippen LogP contribution in [0.25, 0.3) is 0 Å². The van der Waals surface area contributed by atoms with Gasteiger partial charge in [0.05, 0.1) is 0 Å². The van der Waals surface area contributed by atoms with Crippen molar-refractivity contribution in [2.45, 2.75) is 25.1 Å². The molecule has 0 aromatic heterocycles. The van der Waals surface area contributed by atoms with Gasteiger partial charge in [0, 0.05) is 6.54 Å². The van der Waals surface area contributed by atoms with E-state index in [9.17, 15) is 18.0 Å². The Balaban J connectivity index is 2.71. The third kappa shape index (κ3) is 1.62. The van der Waals surface area contributed by atoms with Gasteiger partial charge in [0.1, 0.15) is 6.04 Å². The van der Waals surface area contributed by atoms with Gasteiger partial charge in [-0.2, -0.15) is 13.2 Å². The third-order valence-corrected chi connectivity index (χ3v) is 1.88. The molecule has 1 unspecified atom stereocenters. The standard InChI is InChI=1S/C6H8F3NO2/c7-6(8,9)4-2-1-3-10(4)5(11)12/h4H,1-3H2,(H,11,12). The number of likely N-dealkylation sites (tertiary alicyclic amines) is 1. The summed E-state index contributed by atoms with van der Waals surface area (Å²) >= 11 is 0. The molecular weight excluding hydrogens is 175 g/mol. The van der Waals surface area contributed by atoms with E-state index >= 15 is 0 Å². The number of carbonyl (C=O) groups is 1. The number of nitrogens with zero attached hydrogens (tertiary/aromatic N) is 1. The minimum atomic E-state index is -4.42. The Morgan fingerprint density at radius 2 is 2.08 bits per heavy atom. The minimum Gasteiger partial charge on any atom is -0.465 e. The molecule has 1 heterocycles. The summed E-state index contributed by atoms with van der Waals surface area (Å²) in [5.74, 6) is 0. The number of alkyl halides is 3. The number of hydrogen-bond donors (Lipinski definition) is 1. The molecule has 1 rings (SSSR count). The highest BCUT2D eigenvalue weighted by atomic mass is 19.4. The topological polar surface area (TPSA) is 40.5 Å². The zero-order valence-corrected chi connectivity index (χ0v) is 6.14. The highest BCUT2D eigenvalue weighted by Crippen LogP contribution is 2.32. The number of halogens is 3. The molecule has 1 amide bonds. The first-order valence-corrected chi connectivity index (χ1v) is 3.49. The van der Waals surface area contributed by atoms with Crippen molar-refractivity contribution in [2.75, 3.05) is 6.54 Å². The van der Waals surface area contributed by atoms with Crippen LogP contribution in [0.5, 0.6) is 0 Å². The molecule has 0 spiro atoms. The smallest absolute Gasteiger partial charge is 0.408 e. The van der Waals surface area contributed by atoms with Crippen molar-refractivity contribution in [1.82, 2.24) is 4.90 Å². The molecule has 1 N–H and O–H groups in total. The maximum Gasteiger partial charge on any atom is 0.408 e. The highest BCUT2D eigenvalue weighted by molar-refractivity contribution is 5.65. The van der Waals surface area contributed by atoms with Crippen LogP contribution in [-0.2, 0) is 0 Å². The van der Waals surface area contributed by atoms with Crippen LogP contribution in [0.3, 0.4) is 0 Å². The third-order valence-electron chi connectivity index (χ3n) is 1.88. The molecule has 0 aliphatic carbocycles. The van der Waals surface area contributed by atoms with Crippen molar-refractivity contribution < 1.29 is 23.1 Å². The first-order chi connectivity index (χ1) is 5.43. The van der Waals surface area contributed by atoms with Crippen molar-refractivity contribution in [3.63, 3.8) is 0 Å². The zero-order chi connectivity index (χ0) is 9.35. The number of hydrogen-bond acceptors (Lipinski definition) is 1. The molecule has 1 atom stereocenters. The summed E-state index contributed by atoms with van der Waals surface area (Å²) in [5, 5.41) is 8.37. The van der Waals surface area contributed by atoms with Crippen LogP contribution in [0.4, 0.5) is 18.0 Å². The van der Waals surface area contributed by atoms with Crippen molar-refractivity contribution in [3.8, 4) is 0 Å². The van der Waals surface area contributed by atoms with Crippen molar-refractivity contribution in [1.29, 1.82) is 0 Å². The molecule has 0 aromatic carbocycles. The van der Waals surface area contributed by atoms with Gasteiger partial charge in [-0.1, -0.05) is 0 Å². The summed E-state index contributed by atoms with van der Waals surface area (Å²) in [6, 6.07) is -1.80. The zero-order valence-electron chi connectivity index (χ0n) is 6.14. The van der Waals surface area contributed by atoms with Crippen LogP contribution >= 0.6 is 0 Å². The minimum absolute atomic E-state index is 0.0144. The van der Waals surface area contributed by atoms with Crippen molar-refractivity contribution in [3.05, 3.63) is 0 Å². The van der Waals surface area contributed by atoms with E-state index in [4.69, 9.17) is 5.11 Å². The average molecular weight is 183 g/mol. The maximum atomic E-state index is 12.1. The van der Waals surface area contributed by atoms with Crippen LogP contribution < -0.4 is 0 Å². The van der Waals surface area contributed by atoms with Gasteiger partial charge in [0.2, 0.25) is 0 Å². The molecule has 1 fully saturated rings. The molecule has 0 radical (unpaired) electrons. The molecule has 6 heteroatoms. The summed E-state index contributed by atoms with van der Waals surface area (Å²) in [6.07, 6.45) is -5.74. The van der Waals surface area contributed by atoms with Crippen molar-refractivity contribution >= 4 is 6.09 Å². The lowest BCUT2D eigenvalue weighted by Gasteiger charge is -2.23. The second kappa shape index (κ2) is 2.84. The largest absolute Gasteiger partial charge is 0.465 e. The number of rotatable bonds is 0. The molecule has 0 bridgehead atoms. The Morgan fingerprint density at radius 1 is 1.50 bits per heavy atom. The van der Waals surface area contributed by atoms with Gasteiger partial charge in [-0.25, -0.2) is 4.79 Å². The number of amides is 1. The predicted octanol–water partition coefficient (Wildman–Crippen LogP) is 1.69. The fraction of sp³-hybridized carbons (Fsp3) is 0.833.